The highest BCUT2D eigenvalue weighted by atomic mass is 16.4. The van der Waals surface area contributed by atoms with Crippen molar-refractivity contribution in [3.05, 3.63) is 65.1 Å². The van der Waals surface area contributed by atoms with Gasteiger partial charge in [-0.2, -0.15) is 5.10 Å². The van der Waals surface area contributed by atoms with Crippen molar-refractivity contribution in [3.63, 3.8) is 0 Å². The number of rotatable bonds is 14. The summed E-state index contributed by atoms with van der Waals surface area (Å²) in [5, 5.41) is 21.3. The van der Waals surface area contributed by atoms with Gasteiger partial charge in [0.25, 0.3) is 0 Å². The molecule has 0 saturated carbocycles. The summed E-state index contributed by atoms with van der Waals surface area (Å²) in [7, 11) is 1.91. The van der Waals surface area contributed by atoms with Crippen LogP contribution in [0.5, 0.6) is 0 Å². The summed E-state index contributed by atoms with van der Waals surface area (Å²) in [5.74, 6) is 0.746. The number of anilines is 2. The molecule has 0 aliphatic carbocycles. The summed E-state index contributed by atoms with van der Waals surface area (Å²) in [6.45, 7) is 8.21. The maximum absolute atomic E-state index is 12.2. The molecule has 1 atom stereocenters. The van der Waals surface area contributed by atoms with Gasteiger partial charge in [-0.05, 0) is 88.7 Å². The fourth-order valence-corrected chi connectivity index (χ4v) is 5.62. The second-order valence-corrected chi connectivity index (χ2v) is 11.1. The van der Waals surface area contributed by atoms with Crippen LogP contribution >= 0.6 is 0 Å². The number of fused-ring (bicyclic) bond motifs is 2. The van der Waals surface area contributed by atoms with Gasteiger partial charge in [0.05, 0.1) is 23.3 Å². The van der Waals surface area contributed by atoms with E-state index in [0.717, 1.165) is 92.2 Å². The summed E-state index contributed by atoms with van der Waals surface area (Å²) in [5.41, 5.74) is 6.41. The molecule has 0 unspecified atom stereocenters. The molecule has 0 fully saturated rings. The Labute approximate surface area is 241 Å². The summed E-state index contributed by atoms with van der Waals surface area (Å²) in [4.78, 5) is 24.1. The number of unbranched alkanes of at least 4 members (excludes halogenated alkanes) is 1. The van der Waals surface area contributed by atoms with Crippen molar-refractivity contribution in [2.75, 3.05) is 36.8 Å². The molecule has 41 heavy (non-hydrogen) atoms. The highest BCUT2D eigenvalue weighted by Gasteiger charge is 2.21. The minimum Gasteiger partial charge on any atom is -0.480 e. The van der Waals surface area contributed by atoms with Crippen LogP contribution in [0.2, 0.25) is 0 Å². The van der Waals surface area contributed by atoms with E-state index in [0.29, 0.717) is 18.9 Å². The lowest BCUT2D eigenvalue weighted by Crippen LogP contribution is -2.37. The van der Waals surface area contributed by atoms with Crippen molar-refractivity contribution in [2.24, 2.45) is 7.05 Å². The Hall–Kier alpha value is -3.92. The van der Waals surface area contributed by atoms with Crippen LogP contribution in [0.15, 0.2) is 42.5 Å². The van der Waals surface area contributed by atoms with Gasteiger partial charge in [0.1, 0.15) is 11.9 Å². The van der Waals surface area contributed by atoms with Crippen molar-refractivity contribution in [3.8, 4) is 0 Å². The molecule has 0 amide bonds. The highest BCUT2D eigenvalue weighted by molar-refractivity contribution is 5.81. The fourth-order valence-electron chi connectivity index (χ4n) is 5.62. The van der Waals surface area contributed by atoms with Gasteiger partial charge in [-0.25, -0.2) is 14.8 Å². The predicted octanol–water partition coefficient (Wildman–Crippen LogP) is 4.42. The van der Waals surface area contributed by atoms with Crippen LogP contribution in [-0.2, 0) is 31.2 Å². The Morgan fingerprint density at radius 2 is 1.98 bits per heavy atom. The number of aryl methyl sites for hydroxylation is 5. The molecule has 0 saturated heterocycles. The largest absolute Gasteiger partial charge is 0.480 e. The van der Waals surface area contributed by atoms with Gasteiger partial charge in [-0.15, -0.1) is 0 Å². The van der Waals surface area contributed by atoms with Crippen LogP contribution in [0.25, 0.3) is 11.0 Å². The minimum atomic E-state index is -0.873. The van der Waals surface area contributed by atoms with Crippen molar-refractivity contribution >= 4 is 28.8 Å². The summed E-state index contributed by atoms with van der Waals surface area (Å²) < 4.78 is 3.95. The van der Waals surface area contributed by atoms with Crippen molar-refractivity contribution < 1.29 is 9.90 Å². The predicted molar refractivity (Wildman–Crippen MR) is 163 cm³/mol. The van der Waals surface area contributed by atoms with E-state index in [2.05, 4.69) is 50.7 Å². The average molecular weight is 559 g/mol. The number of benzene rings is 1. The molecule has 218 valence electrons. The van der Waals surface area contributed by atoms with Crippen LogP contribution in [0.1, 0.15) is 48.3 Å². The molecular weight excluding hydrogens is 516 g/mol. The number of nitrogens with zero attached hydrogens (tertiary/aromatic N) is 6. The van der Waals surface area contributed by atoms with E-state index in [1.165, 1.54) is 5.56 Å². The number of carbonyl (C=O) groups is 1. The molecule has 3 N–H and O–H groups in total. The lowest BCUT2D eigenvalue weighted by molar-refractivity contribution is -0.138. The molecule has 0 radical (unpaired) electrons. The number of carboxylic acid groups (broad SMARTS) is 1. The van der Waals surface area contributed by atoms with Crippen LogP contribution in [0.4, 0.5) is 11.8 Å². The number of aromatic nitrogens is 5. The van der Waals surface area contributed by atoms with E-state index in [1.807, 2.05) is 47.5 Å². The van der Waals surface area contributed by atoms with Crippen LogP contribution in [0, 0.1) is 13.8 Å². The normalized spacial score (nSPS) is 13.8. The molecule has 10 heteroatoms. The molecule has 4 heterocycles. The Balaban J connectivity index is 1.19. The molecule has 4 aromatic rings. The zero-order chi connectivity index (χ0) is 28.8. The number of aliphatic carboxylic acids is 1. The van der Waals surface area contributed by atoms with Gasteiger partial charge in [0.2, 0.25) is 5.95 Å². The third-order valence-corrected chi connectivity index (χ3v) is 7.96. The molecular formula is C31H42N8O2. The summed E-state index contributed by atoms with van der Waals surface area (Å²) in [6.07, 6.45) is 5.71. The number of pyridine rings is 1. The van der Waals surface area contributed by atoms with Gasteiger partial charge in [-0.1, -0.05) is 18.2 Å². The van der Waals surface area contributed by atoms with Gasteiger partial charge in [0.15, 0.2) is 0 Å². The lowest BCUT2D eigenvalue weighted by atomic mass is 10.1. The van der Waals surface area contributed by atoms with Crippen LogP contribution in [0.3, 0.4) is 0 Å². The van der Waals surface area contributed by atoms with Crippen LogP contribution < -0.4 is 10.6 Å². The average Bonchev–Trinajstić information content (AvgIpc) is 3.47. The first-order valence-corrected chi connectivity index (χ1v) is 14.7. The smallest absolute Gasteiger partial charge is 0.326 e. The fraction of sp³-hybridized carbons (Fsp3) is 0.484. The van der Waals surface area contributed by atoms with Crippen molar-refractivity contribution in [1.82, 2.24) is 29.2 Å². The van der Waals surface area contributed by atoms with Crippen LogP contribution in [-0.4, -0.2) is 72.5 Å². The minimum absolute atomic E-state index is 0.466. The summed E-state index contributed by atoms with van der Waals surface area (Å²) >= 11 is 0. The Bertz CT molecular complexity index is 1480. The highest BCUT2D eigenvalue weighted by Crippen LogP contribution is 2.21. The van der Waals surface area contributed by atoms with Crippen molar-refractivity contribution in [1.29, 1.82) is 0 Å². The van der Waals surface area contributed by atoms with E-state index in [4.69, 9.17) is 4.98 Å². The van der Waals surface area contributed by atoms with E-state index >= 15 is 0 Å². The van der Waals surface area contributed by atoms with Gasteiger partial charge >= 0.3 is 5.97 Å². The zero-order valence-electron chi connectivity index (χ0n) is 24.4. The number of imidazole rings is 1. The molecule has 1 aliphatic heterocycles. The standard InChI is InChI=1S/C31H42N8O2/c1-22-21-23(2)39(36-22)20-19-38(17-7-6-10-25-14-13-24-9-8-16-32-29(24)33-25)18-15-27(30(40)41)35-31-34-26-11-4-5-12-28(26)37(31)3/h4-5,11-14,21,27H,6-10,15-20H2,1-3H3,(H,32,33)(H,34,35)(H,40,41)/t27-/m0/s1. The number of hydrogen-bond donors (Lipinski definition) is 3. The first-order chi connectivity index (χ1) is 19.9. The molecule has 3 aromatic heterocycles. The monoisotopic (exact) mass is 558 g/mol. The molecule has 1 aromatic carbocycles. The molecule has 0 spiro atoms. The molecule has 5 rings (SSSR count). The Morgan fingerprint density at radius 3 is 2.76 bits per heavy atom. The SMILES string of the molecule is Cc1cc(C)n(CCN(CCCCc2ccc3c(n2)NCCC3)CC[C@H](Nc2nc3ccccc3n2C)C(=O)O)n1. The van der Waals surface area contributed by atoms with Crippen molar-refractivity contribution in [2.45, 2.75) is 65.0 Å². The maximum atomic E-state index is 12.2. The first-order valence-electron chi connectivity index (χ1n) is 14.7. The molecule has 1 aliphatic rings. The lowest BCUT2D eigenvalue weighted by Gasteiger charge is -2.25. The quantitative estimate of drug-likeness (QED) is 0.195. The van der Waals surface area contributed by atoms with E-state index in [-0.39, 0.29) is 0 Å². The third kappa shape index (κ3) is 7.24. The van der Waals surface area contributed by atoms with E-state index in [9.17, 15) is 9.90 Å². The zero-order valence-corrected chi connectivity index (χ0v) is 24.4. The van der Waals surface area contributed by atoms with Gasteiger partial charge < -0.3 is 25.2 Å². The number of para-hydroxylation sites is 2. The van der Waals surface area contributed by atoms with Gasteiger partial charge in [0, 0.05) is 38.1 Å². The van der Waals surface area contributed by atoms with Gasteiger partial charge in [-0.3, -0.25) is 4.68 Å². The first kappa shape index (κ1) is 28.6. The second-order valence-electron chi connectivity index (χ2n) is 11.1. The topological polar surface area (TPSA) is 113 Å². The number of nitrogens with one attached hydrogen (secondary N) is 2. The van der Waals surface area contributed by atoms with E-state index in [1.54, 1.807) is 0 Å². The maximum Gasteiger partial charge on any atom is 0.326 e. The Kier molecular flexibility index (Phi) is 9.18. The Morgan fingerprint density at radius 1 is 1.12 bits per heavy atom. The number of hydrogen-bond acceptors (Lipinski definition) is 7. The number of carboxylic acids is 1. The van der Waals surface area contributed by atoms with E-state index < -0.39 is 12.0 Å². The summed E-state index contributed by atoms with van der Waals surface area (Å²) in [6, 6.07) is 13.5. The molecule has 0 bridgehead atoms. The second kappa shape index (κ2) is 13.2. The molecule has 10 nitrogen and oxygen atoms in total. The third-order valence-electron chi connectivity index (χ3n) is 7.96.